The predicted molar refractivity (Wildman–Crippen MR) is 98.8 cm³/mol. The van der Waals surface area contributed by atoms with Gasteiger partial charge in [-0.05, 0) is 35.9 Å². The SMILES string of the molecule is COC(=O)COc1ccc2occ(-c3cc(OC)c(OC)c(OC)c3)c2c1. The second kappa shape index (κ2) is 7.90. The van der Waals surface area contributed by atoms with Crippen molar-refractivity contribution in [2.75, 3.05) is 35.0 Å². The molecule has 27 heavy (non-hydrogen) atoms. The van der Waals surface area contributed by atoms with Crippen LogP contribution in [0.15, 0.2) is 41.0 Å². The lowest BCUT2D eigenvalue weighted by atomic mass is 10.0. The third-order valence-electron chi connectivity index (χ3n) is 4.11. The van der Waals surface area contributed by atoms with E-state index >= 15 is 0 Å². The van der Waals surface area contributed by atoms with Crippen LogP contribution < -0.4 is 18.9 Å². The molecule has 0 spiro atoms. The van der Waals surface area contributed by atoms with E-state index in [-0.39, 0.29) is 6.61 Å². The molecule has 0 aliphatic heterocycles. The Bertz CT molecular complexity index is 933. The quantitative estimate of drug-likeness (QED) is 0.586. The number of ether oxygens (including phenoxy) is 5. The van der Waals surface area contributed by atoms with Crippen LogP contribution in [0.2, 0.25) is 0 Å². The summed E-state index contributed by atoms with van der Waals surface area (Å²) in [5, 5.41) is 0.826. The van der Waals surface area contributed by atoms with Crippen LogP contribution in [0.25, 0.3) is 22.1 Å². The topological polar surface area (TPSA) is 76.4 Å². The first kappa shape index (κ1) is 18.4. The van der Waals surface area contributed by atoms with Crippen molar-refractivity contribution in [2.45, 2.75) is 0 Å². The Balaban J connectivity index is 2.05. The first-order chi connectivity index (χ1) is 13.1. The normalized spacial score (nSPS) is 10.5. The van der Waals surface area contributed by atoms with E-state index in [0.717, 1.165) is 16.5 Å². The van der Waals surface area contributed by atoms with Crippen molar-refractivity contribution in [1.82, 2.24) is 0 Å². The average molecular weight is 372 g/mol. The highest BCUT2D eigenvalue weighted by molar-refractivity contribution is 5.95. The lowest BCUT2D eigenvalue weighted by Gasteiger charge is -2.13. The summed E-state index contributed by atoms with van der Waals surface area (Å²) in [6.07, 6.45) is 1.65. The molecule has 142 valence electrons. The van der Waals surface area contributed by atoms with Crippen molar-refractivity contribution in [3.05, 3.63) is 36.6 Å². The van der Waals surface area contributed by atoms with Crippen molar-refractivity contribution in [1.29, 1.82) is 0 Å². The molecule has 0 saturated heterocycles. The molecule has 0 N–H and O–H groups in total. The molecule has 2 aromatic carbocycles. The van der Waals surface area contributed by atoms with Crippen LogP contribution in [0, 0.1) is 0 Å². The molecule has 3 rings (SSSR count). The summed E-state index contributed by atoms with van der Waals surface area (Å²) in [5.74, 6) is 1.67. The molecule has 1 heterocycles. The molecule has 0 radical (unpaired) electrons. The lowest BCUT2D eigenvalue weighted by molar-refractivity contribution is -0.142. The Morgan fingerprint density at radius 3 is 2.26 bits per heavy atom. The van der Waals surface area contributed by atoms with Gasteiger partial charge in [0.05, 0.1) is 34.7 Å². The van der Waals surface area contributed by atoms with Crippen molar-refractivity contribution >= 4 is 16.9 Å². The molecule has 7 nitrogen and oxygen atoms in total. The van der Waals surface area contributed by atoms with E-state index in [9.17, 15) is 4.79 Å². The number of rotatable bonds is 7. The van der Waals surface area contributed by atoms with Crippen LogP contribution in [0.3, 0.4) is 0 Å². The van der Waals surface area contributed by atoms with Gasteiger partial charge < -0.3 is 28.1 Å². The van der Waals surface area contributed by atoms with Gasteiger partial charge in [-0.25, -0.2) is 4.79 Å². The van der Waals surface area contributed by atoms with Gasteiger partial charge in [-0.15, -0.1) is 0 Å². The van der Waals surface area contributed by atoms with Crippen molar-refractivity contribution in [2.24, 2.45) is 0 Å². The van der Waals surface area contributed by atoms with Crippen molar-refractivity contribution in [3.63, 3.8) is 0 Å². The van der Waals surface area contributed by atoms with Gasteiger partial charge in [0.1, 0.15) is 11.3 Å². The van der Waals surface area contributed by atoms with Crippen LogP contribution in [0.1, 0.15) is 0 Å². The summed E-state index contributed by atoms with van der Waals surface area (Å²) in [4.78, 5) is 11.3. The Kier molecular flexibility index (Phi) is 5.40. The van der Waals surface area contributed by atoms with E-state index < -0.39 is 5.97 Å². The molecule has 3 aromatic rings. The molecule has 0 aliphatic rings. The highest BCUT2D eigenvalue weighted by Gasteiger charge is 2.17. The average Bonchev–Trinajstić information content (AvgIpc) is 3.13. The Hall–Kier alpha value is -3.35. The van der Waals surface area contributed by atoms with Gasteiger partial charge in [0, 0.05) is 10.9 Å². The molecule has 1 aromatic heterocycles. The van der Waals surface area contributed by atoms with Crippen LogP contribution in [-0.4, -0.2) is 41.0 Å². The number of furan rings is 1. The Morgan fingerprint density at radius 1 is 0.963 bits per heavy atom. The van der Waals surface area contributed by atoms with E-state index in [1.54, 1.807) is 45.8 Å². The number of hydrogen-bond donors (Lipinski definition) is 0. The monoisotopic (exact) mass is 372 g/mol. The molecule has 7 heteroatoms. The predicted octanol–water partition coefficient (Wildman–Crippen LogP) is 3.68. The van der Waals surface area contributed by atoms with Gasteiger partial charge in [-0.2, -0.15) is 0 Å². The highest BCUT2D eigenvalue weighted by Crippen LogP contribution is 2.43. The highest BCUT2D eigenvalue weighted by atomic mass is 16.6. The fourth-order valence-corrected chi connectivity index (χ4v) is 2.76. The molecule has 0 unspecified atom stereocenters. The number of carbonyl (C=O) groups is 1. The van der Waals surface area contributed by atoms with Gasteiger partial charge in [0.25, 0.3) is 0 Å². The number of fused-ring (bicyclic) bond motifs is 1. The maximum atomic E-state index is 11.3. The lowest BCUT2D eigenvalue weighted by Crippen LogP contribution is -2.12. The summed E-state index contributed by atoms with van der Waals surface area (Å²) in [6.45, 7) is -0.167. The molecule has 0 bridgehead atoms. The van der Waals surface area contributed by atoms with Crippen LogP contribution in [0.5, 0.6) is 23.0 Å². The number of hydrogen-bond acceptors (Lipinski definition) is 7. The van der Waals surface area contributed by atoms with Crippen LogP contribution in [-0.2, 0) is 9.53 Å². The maximum Gasteiger partial charge on any atom is 0.343 e. The van der Waals surface area contributed by atoms with Gasteiger partial charge in [0.15, 0.2) is 18.1 Å². The van der Waals surface area contributed by atoms with E-state index in [4.69, 9.17) is 23.4 Å². The summed E-state index contributed by atoms with van der Waals surface area (Å²) in [7, 11) is 5.99. The zero-order valence-corrected chi connectivity index (χ0v) is 15.5. The number of carbonyl (C=O) groups excluding carboxylic acids is 1. The molecule has 0 aliphatic carbocycles. The fourth-order valence-electron chi connectivity index (χ4n) is 2.76. The van der Waals surface area contributed by atoms with Crippen molar-refractivity contribution in [3.8, 4) is 34.1 Å². The van der Waals surface area contributed by atoms with E-state index in [0.29, 0.717) is 28.6 Å². The second-order valence-corrected chi connectivity index (χ2v) is 5.59. The third-order valence-corrected chi connectivity index (χ3v) is 4.11. The van der Waals surface area contributed by atoms with Gasteiger partial charge >= 0.3 is 5.97 Å². The molecular weight excluding hydrogens is 352 g/mol. The number of methoxy groups -OCH3 is 4. The van der Waals surface area contributed by atoms with E-state index in [2.05, 4.69) is 4.74 Å². The molecule has 0 amide bonds. The Labute approximate surface area is 156 Å². The maximum absolute atomic E-state index is 11.3. The second-order valence-electron chi connectivity index (χ2n) is 5.59. The largest absolute Gasteiger partial charge is 0.493 e. The van der Waals surface area contributed by atoms with Gasteiger partial charge in [0.2, 0.25) is 5.75 Å². The zero-order chi connectivity index (χ0) is 19.4. The standard InChI is InChI=1S/C20H20O7/c1-22-17-7-12(8-18(23-2)20(17)25-4)15-10-27-16-6-5-13(9-14(15)16)26-11-19(21)24-3/h5-10H,11H2,1-4H3. The first-order valence-electron chi connectivity index (χ1n) is 8.12. The minimum atomic E-state index is -0.452. The van der Waals surface area contributed by atoms with Crippen LogP contribution in [0.4, 0.5) is 0 Å². The third kappa shape index (κ3) is 3.62. The minimum absolute atomic E-state index is 0.167. The summed E-state index contributed by atoms with van der Waals surface area (Å²) in [5.41, 5.74) is 2.34. The van der Waals surface area contributed by atoms with E-state index in [1.165, 1.54) is 7.11 Å². The van der Waals surface area contributed by atoms with E-state index in [1.807, 2.05) is 12.1 Å². The molecule has 0 atom stereocenters. The summed E-state index contributed by atoms with van der Waals surface area (Å²) < 4.78 is 31.9. The number of benzene rings is 2. The smallest absolute Gasteiger partial charge is 0.343 e. The molecular formula is C20H20O7. The zero-order valence-electron chi connectivity index (χ0n) is 15.5. The number of esters is 1. The summed E-state index contributed by atoms with van der Waals surface area (Å²) >= 11 is 0. The first-order valence-corrected chi connectivity index (χ1v) is 8.12. The van der Waals surface area contributed by atoms with Crippen LogP contribution >= 0.6 is 0 Å². The molecule has 0 saturated carbocycles. The Morgan fingerprint density at radius 2 is 1.67 bits per heavy atom. The fraction of sp³-hybridized carbons (Fsp3) is 0.250. The summed E-state index contributed by atoms with van der Waals surface area (Å²) in [6, 6.07) is 9.00. The molecule has 0 fully saturated rings. The van der Waals surface area contributed by atoms with Gasteiger partial charge in [-0.3, -0.25) is 0 Å². The van der Waals surface area contributed by atoms with Gasteiger partial charge in [-0.1, -0.05) is 0 Å². The minimum Gasteiger partial charge on any atom is -0.493 e. The van der Waals surface area contributed by atoms with Crippen molar-refractivity contribution < 1.29 is 32.9 Å².